The van der Waals surface area contributed by atoms with E-state index in [0.29, 0.717) is 5.56 Å². The maximum absolute atomic E-state index is 13.4. The number of anilines is 1. The van der Waals surface area contributed by atoms with Gasteiger partial charge in [0.2, 0.25) is 5.91 Å². The summed E-state index contributed by atoms with van der Waals surface area (Å²) in [6.45, 7) is -0.274. The number of rotatable bonds is 8. The van der Waals surface area contributed by atoms with Crippen LogP contribution in [0.5, 0.6) is 0 Å². The van der Waals surface area contributed by atoms with Crippen molar-refractivity contribution in [1.29, 1.82) is 0 Å². The van der Waals surface area contributed by atoms with Gasteiger partial charge in [-0.05, 0) is 6.07 Å². The lowest BCUT2D eigenvalue weighted by molar-refractivity contribution is -0.129. The average Bonchev–Trinajstić information content (AvgIpc) is 3.04. The van der Waals surface area contributed by atoms with E-state index in [4.69, 9.17) is 18.0 Å². The first-order valence-corrected chi connectivity index (χ1v) is 11.2. The molecule has 162 valence electrons. The molecular formula is C17H14ClF4N3O3S2. The van der Waals surface area contributed by atoms with Gasteiger partial charge in [-0.3, -0.25) is 14.7 Å². The minimum atomic E-state index is -4.62. The summed E-state index contributed by atoms with van der Waals surface area (Å²) < 4.78 is 73.7. The van der Waals surface area contributed by atoms with Gasteiger partial charge in [0.05, 0.1) is 30.7 Å². The summed E-state index contributed by atoms with van der Waals surface area (Å²) in [5.41, 5.74) is 0.302. The number of halogens is 5. The Balaban J connectivity index is 2.17. The van der Waals surface area contributed by atoms with Crippen molar-refractivity contribution in [2.24, 2.45) is 0 Å². The lowest BCUT2D eigenvalue weighted by Gasteiger charge is -2.18. The molecular weight excluding hydrogens is 470 g/mol. The van der Waals surface area contributed by atoms with Crippen molar-refractivity contribution in [2.75, 3.05) is 23.0 Å². The van der Waals surface area contributed by atoms with Crippen LogP contribution < -0.4 is 4.90 Å². The highest BCUT2D eigenvalue weighted by Gasteiger charge is 2.30. The standard InChI is InChI=1S/C17H14ClF4N3O3S2/c1-2-5-25(13(26)3-6-30(27,28)7-4-17(20,21)22)16-14(18)24-15(29-16)11-8-12(19)10-23-9-11/h1,8-10H,3-7H2. The van der Waals surface area contributed by atoms with Crippen molar-refractivity contribution in [3.8, 4) is 22.9 Å². The number of terminal acetylenes is 1. The Bertz CT molecular complexity index is 1060. The number of amides is 1. The quantitative estimate of drug-likeness (QED) is 0.422. The van der Waals surface area contributed by atoms with E-state index in [2.05, 4.69) is 15.9 Å². The van der Waals surface area contributed by atoms with Gasteiger partial charge in [-0.2, -0.15) is 13.2 Å². The van der Waals surface area contributed by atoms with E-state index in [0.717, 1.165) is 28.5 Å². The Morgan fingerprint density at radius 3 is 2.60 bits per heavy atom. The molecule has 0 fully saturated rings. The zero-order valence-electron chi connectivity index (χ0n) is 15.1. The lowest BCUT2D eigenvalue weighted by atomic mass is 10.3. The van der Waals surface area contributed by atoms with Gasteiger partial charge in [0.15, 0.2) is 15.0 Å². The Hall–Kier alpha value is -2.23. The molecule has 0 bridgehead atoms. The Kier molecular flexibility index (Phi) is 7.79. The second-order valence-electron chi connectivity index (χ2n) is 5.96. The van der Waals surface area contributed by atoms with Gasteiger partial charge >= 0.3 is 6.18 Å². The van der Waals surface area contributed by atoms with Gasteiger partial charge in [-0.1, -0.05) is 28.9 Å². The topological polar surface area (TPSA) is 80.2 Å². The maximum atomic E-state index is 13.4. The number of nitrogens with zero attached hydrogens (tertiary/aromatic N) is 3. The zero-order valence-corrected chi connectivity index (χ0v) is 17.5. The SMILES string of the molecule is C#CCN(C(=O)CCS(=O)(=O)CCC(F)(F)F)c1sc(-c2cncc(F)c2)nc1Cl. The number of carbonyl (C=O) groups is 1. The number of alkyl halides is 3. The third-order valence-corrected chi connectivity index (χ3v) is 6.80. The fourth-order valence-electron chi connectivity index (χ4n) is 2.23. The smallest absolute Gasteiger partial charge is 0.289 e. The van der Waals surface area contributed by atoms with Crippen molar-refractivity contribution >= 4 is 43.7 Å². The number of hydrogen-bond acceptors (Lipinski definition) is 6. The molecule has 0 radical (unpaired) electrons. The van der Waals surface area contributed by atoms with E-state index < -0.39 is 52.1 Å². The fraction of sp³-hybridized carbons (Fsp3) is 0.353. The zero-order chi connectivity index (χ0) is 22.5. The molecule has 2 aromatic rings. The minimum Gasteiger partial charge on any atom is -0.289 e. The summed E-state index contributed by atoms with van der Waals surface area (Å²) in [5, 5.41) is 0.226. The van der Waals surface area contributed by atoms with Crippen LogP contribution in [0.25, 0.3) is 10.6 Å². The molecule has 2 heterocycles. The summed E-state index contributed by atoms with van der Waals surface area (Å²) in [6, 6.07) is 1.16. The van der Waals surface area contributed by atoms with E-state index >= 15 is 0 Å². The molecule has 2 rings (SSSR count). The lowest BCUT2D eigenvalue weighted by Crippen LogP contribution is -2.32. The molecule has 0 atom stereocenters. The van der Waals surface area contributed by atoms with Crippen LogP contribution >= 0.6 is 22.9 Å². The highest BCUT2D eigenvalue weighted by Crippen LogP contribution is 2.37. The normalized spacial score (nSPS) is 11.9. The maximum Gasteiger partial charge on any atom is 0.390 e. The predicted octanol–water partition coefficient (Wildman–Crippen LogP) is 3.72. The highest BCUT2D eigenvalue weighted by molar-refractivity contribution is 7.91. The molecule has 13 heteroatoms. The van der Waals surface area contributed by atoms with E-state index in [-0.39, 0.29) is 21.7 Å². The first-order chi connectivity index (χ1) is 13.9. The predicted molar refractivity (Wildman–Crippen MR) is 105 cm³/mol. The number of thiazole rings is 1. The first kappa shape index (κ1) is 24.0. The Labute approximate surface area is 178 Å². The molecule has 0 saturated carbocycles. The van der Waals surface area contributed by atoms with Crippen LogP contribution in [-0.2, 0) is 14.6 Å². The summed E-state index contributed by atoms with van der Waals surface area (Å²) in [5.74, 6) is -1.02. The van der Waals surface area contributed by atoms with Crippen molar-refractivity contribution in [2.45, 2.75) is 19.0 Å². The Morgan fingerprint density at radius 2 is 2.00 bits per heavy atom. The van der Waals surface area contributed by atoms with Crippen LogP contribution in [0.1, 0.15) is 12.8 Å². The van der Waals surface area contributed by atoms with E-state index in [1.54, 1.807) is 0 Å². The fourth-order valence-corrected chi connectivity index (χ4v) is 4.77. The third-order valence-electron chi connectivity index (χ3n) is 3.64. The number of sulfone groups is 1. The molecule has 0 saturated heterocycles. The summed E-state index contributed by atoms with van der Waals surface area (Å²) in [4.78, 5) is 21.3. The molecule has 0 aliphatic carbocycles. The van der Waals surface area contributed by atoms with Gasteiger partial charge < -0.3 is 0 Å². The number of hydrogen-bond donors (Lipinski definition) is 0. The van der Waals surface area contributed by atoms with E-state index in [9.17, 15) is 30.8 Å². The third kappa shape index (κ3) is 6.93. The minimum absolute atomic E-state index is 0.103. The van der Waals surface area contributed by atoms with Crippen LogP contribution in [0.4, 0.5) is 22.6 Å². The van der Waals surface area contributed by atoms with Crippen molar-refractivity contribution in [3.05, 3.63) is 29.4 Å². The van der Waals surface area contributed by atoms with E-state index in [1.807, 2.05) is 0 Å². The van der Waals surface area contributed by atoms with Crippen LogP contribution in [0.15, 0.2) is 18.5 Å². The number of carbonyl (C=O) groups excluding carboxylic acids is 1. The molecule has 0 spiro atoms. The van der Waals surface area contributed by atoms with Crippen LogP contribution in [0.3, 0.4) is 0 Å². The molecule has 6 nitrogen and oxygen atoms in total. The highest BCUT2D eigenvalue weighted by atomic mass is 35.5. The molecule has 0 aliphatic heterocycles. The summed E-state index contributed by atoms with van der Waals surface area (Å²) in [6.07, 6.45) is 0.886. The van der Waals surface area contributed by atoms with Gasteiger partial charge in [0.25, 0.3) is 0 Å². The van der Waals surface area contributed by atoms with Crippen molar-refractivity contribution in [3.63, 3.8) is 0 Å². The van der Waals surface area contributed by atoms with Gasteiger partial charge in [-0.25, -0.2) is 17.8 Å². The summed E-state index contributed by atoms with van der Waals surface area (Å²) in [7, 11) is -4.11. The molecule has 2 aromatic heterocycles. The molecule has 1 amide bonds. The molecule has 30 heavy (non-hydrogen) atoms. The number of pyridine rings is 1. The van der Waals surface area contributed by atoms with Gasteiger partial charge in [0, 0.05) is 18.2 Å². The molecule has 0 aliphatic rings. The second-order valence-corrected chi connectivity index (χ2v) is 9.60. The van der Waals surface area contributed by atoms with Crippen LogP contribution in [-0.4, -0.2) is 48.5 Å². The van der Waals surface area contributed by atoms with Gasteiger partial charge in [0.1, 0.15) is 15.8 Å². The largest absolute Gasteiger partial charge is 0.390 e. The number of aromatic nitrogens is 2. The van der Waals surface area contributed by atoms with E-state index in [1.165, 1.54) is 6.20 Å². The van der Waals surface area contributed by atoms with Crippen molar-refractivity contribution < 1.29 is 30.8 Å². The van der Waals surface area contributed by atoms with Crippen LogP contribution in [0, 0.1) is 18.2 Å². The average molecular weight is 484 g/mol. The molecule has 0 aromatic carbocycles. The first-order valence-electron chi connectivity index (χ1n) is 8.20. The second kappa shape index (κ2) is 9.72. The van der Waals surface area contributed by atoms with Gasteiger partial charge in [-0.15, -0.1) is 6.42 Å². The molecule has 0 N–H and O–H groups in total. The Morgan fingerprint density at radius 1 is 1.30 bits per heavy atom. The summed E-state index contributed by atoms with van der Waals surface area (Å²) >= 11 is 6.98. The molecule has 0 unspecified atom stereocenters. The monoisotopic (exact) mass is 483 g/mol. The van der Waals surface area contributed by atoms with Crippen LogP contribution in [0.2, 0.25) is 5.15 Å². The van der Waals surface area contributed by atoms with Crippen molar-refractivity contribution in [1.82, 2.24) is 9.97 Å².